The SMILES string of the molecule is C/C(=N\NC(=O)[C@@H]1C[C@@H]1c1ccccc1)c1ccc2c3c(cccc13)CC2. The lowest BCUT2D eigenvalue weighted by atomic mass is 9.98. The minimum atomic E-state index is 0.0223. The third-order valence-corrected chi connectivity index (χ3v) is 5.96. The van der Waals surface area contributed by atoms with E-state index < -0.39 is 0 Å². The van der Waals surface area contributed by atoms with Gasteiger partial charge in [0.05, 0.1) is 5.71 Å². The van der Waals surface area contributed by atoms with Gasteiger partial charge in [0, 0.05) is 11.5 Å². The van der Waals surface area contributed by atoms with Crippen molar-refractivity contribution in [3.05, 3.63) is 82.9 Å². The lowest BCUT2D eigenvalue weighted by Crippen LogP contribution is -2.21. The van der Waals surface area contributed by atoms with E-state index in [9.17, 15) is 4.79 Å². The highest BCUT2D eigenvalue weighted by atomic mass is 16.2. The predicted octanol–water partition coefficient (Wildman–Crippen LogP) is 4.58. The normalized spacial score (nSPS) is 20.7. The second-order valence-corrected chi connectivity index (χ2v) is 7.64. The summed E-state index contributed by atoms with van der Waals surface area (Å²) in [5, 5.41) is 7.05. The Morgan fingerprint density at radius 3 is 2.56 bits per heavy atom. The van der Waals surface area contributed by atoms with Crippen LogP contribution in [0.4, 0.5) is 0 Å². The molecule has 3 heteroatoms. The molecule has 2 atom stereocenters. The number of nitrogens with one attached hydrogen (secondary N) is 1. The molecule has 3 aromatic carbocycles. The number of carbonyl (C=O) groups excluding carboxylic acids is 1. The van der Waals surface area contributed by atoms with Crippen LogP contribution in [0.2, 0.25) is 0 Å². The van der Waals surface area contributed by atoms with E-state index in [1.165, 1.54) is 27.5 Å². The summed E-state index contributed by atoms with van der Waals surface area (Å²) >= 11 is 0. The van der Waals surface area contributed by atoms with Gasteiger partial charge in [0.25, 0.3) is 0 Å². The van der Waals surface area contributed by atoms with Crippen molar-refractivity contribution in [3.63, 3.8) is 0 Å². The zero-order valence-electron chi connectivity index (χ0n) is 15.4. The van der Waals surface area contributed by atoms with Crippen LogP contribution in [-0.4, -0.2) is 11.6 Å². The molecule has 1 amide bonds. The second-order valence-electron chi connectivity index (χ2n) is 7.64. The van der Waals surface area contributed by atoms with E-state index in [0.29, 0.717) is 5.92 Å². The Kier molecular flexibility index (Phi) is 3.82. The smallest absolute Gasteiger partial charge is 0.243 e. The average molecular weight is 354 g/mol. The summed E-state index contributed by atoms with van der Waals surface area (Å²) in [7, 11) is 0. The monoisotopic (exact) mass is 354 g/mol. The fourth-order valence-corrected chi connectivity index (χ4v) is 4.40. The van der Waals surface area contributed by atoms with Gasteiger partial charge in [-0.05, 0) is 59.6 Å². The number of nitrogens with zero attached hydrogens (tertiary/aromatic N) is 1. The number of benzene rings is 3. The lowest BCUT2D eigenvalue weighted by Gasteiger charge is -2.09. The predicted molar refractivity (Wildman–Crippen MR) is 109 cm³/mol. The number of rotatable bonds is 4. The summed E-state index contributed by atoms with van der Waals surface area (Å²) in [6.45, 7) is 1.97. The highest BCUT2D eigenvalue weighted by Gasteiger charge is 2.43. The number of carbonyl (C=O) groups is 1. The number of hydrogen-bond acceptors (Lipinski definition) is 2. The zero-order chi connectivity index (χ0) is 18.4. The summed E-state index contributed by atoms with van der Waals surface area (Å²) in [6.07, 6.45) is 3.14. The maximum atomic E-state index is 12.5. The number of hydrogen-bond donors (Lipinski definition) is 1. The van der Waals surface area contributed by atoms with Crippen molar-refractivity contribution in [1.82, 2.24) is 5.43 Å². The summed E-state index contributed by atoms with van der Waals surface area (Å²) in [6, 6.07) is 21.1. The summed E-state index contributed by atoms with van der Waals surface area (Å²) < 4.78 is 0. The van der Waals surface area contributed by atoms with Gasteiger partial charge in [0.2, 0.25) is 5.91 Å². The Morgan fingerprint density at radius 2 is 1.74 bits per heavy atom. The molecule has 2 aliphatic carbocycles. The molecule has 0 spiro atoms. The Morgan fingerprint density at radius 1 is 0.963 bits per heavy atom. The van der Waals surface area contributed by atoms with Crippen LogP contribution in [-0.2, 0) is 17.6 Å². The highest BCUT2D eigenvalue weighted by Crippen LogP contribution is 2.47. The van der Waals surface area contributed by atoms with Gasteiger partial charge in [0.15, 0.2) is 0 Å². The van der Waals surface area contributed by atoms with E-state index >= 15 is 0 Å². The molecule has 1 N–H and O–H groups in total. The number of amides is 1. The van der Waals surface area contributed by atoms with Crippen LogP contribution in [0.5, 0.6) is 0 Å². The van der Waals surface area contributed by atoms with Gasteiger partial charge in [-0.15, -0.1) is 0 Å². The summed E-state index contributed by atoms with van der Waals surface area (Å²) in [5.74, 6) is 0.393. The minimum absolute atomic E-state index is 0.0223. The van der Waals surface area contributed by atoms with Gasteiger partial charge in [0.1, 0.15) is 0 Å². The minimum Gasteiger partial charge on any atom is -0.273 e. The van der Waals surface area contributed by atoms with Crippen molar-refractivity contribution in [2.45, 2.75) is 32.1 Å². The van der Waals surface area contributed by atoms with Gasteiger partial charge in [-0.1, -0.05) is 60.7 Å². The lowest BCUT2D eigenvalue weighted by molar-refractivity contribution is -0.122. The van der Waals surface area contributed by atoms with E-state index in [2.05, 4.69) is 53.0 Å². The molecule has 1 saturated carbocycles. The Bertz CT molecular complexity index is 1060. The Hall–Kier alpha value is -2.94. The standard InChI is InChI=1S/C24H22N2O/c1-15(19-13-12-18-11-10-17-8-5-9-20(19)23(17)18)25-26-24(27)22-14-21(22)16-6-3-2-4-7-16/h2-9,12-13,21-22H,10-11,14H2,1H3,(H,26,27)/b25-15+/t21-,22-/m1/s1. The molecule has 134 valence electrons. The molecule has 5 rings (SSSR count). The molecular formula is C24H22N2O. The molecule has 0 radical (unpaired) electrons. The molecule has 0 bridgehead atoms. The molecule has 27 heavy (non-hydrogen) atoms. The third-order valence-electron chi connectivity index (χ3n) is 5.96. The highest BCUT2D eigenvalue weighted by molar-refractivity contribution is 6.11. The molecule has 0 heterocycles. The van der Waals surface area contributed by atoms with Crippen molar-refractivity contribution in [3.8, 4) is 0 Å². The van der Waals surface area contributed by atoms with Crippen LogP contribution < -0.4 is 5.43 Å². The van der Waals surface area contributed by atoms with Crippen LogP contribution in [0.25, 0.3) is 10.8 Å². The fourth-order valence-electron chi connectivity index (χ4n) is 4.40. The molecule has 2 aliphatic rings. The van der Waals surface area contributed by atoms with E-state index in [0.717, 1.165) is 30.5 Å². The van der Waals surface area contributed by atoms with Crippen molar-refractivity contribution in [1.29, 1.82) is 0 Å². The van der Waals surface area contributed by atoms with Crippen LogP contribution in [0.3, 0.4) is 0 Å². The molecule has 0 saturated heterocycles. The van der Waals surface area contributed by atoms with Crippen molar-refractivity contribution < 1.29 is 4.79 Å². The topological polar surface area (TPSA) is 41.5 Å². The van der Waals surface area contributed by atoms with Crippen molar-refractivity contribution in [2.75, 3.05) is 0 Å². The molecule has 0 aliphatic heterocycles. The fraction of sp³-hybridized carbons (Fsp3) is 0.250. The van der Waals surface area contributed by atoms with E-state index in [1.807, 2.05) is 25.1 Å². The van der Waals surface area contributed by atoms with Gasteiger partial charge in [-0.3, -0.25) is 4.79 Å². The van der Waals surface area contributed by atoms with E-state index in [4.69, 9.17) is 0 Å². The van der Waals surface area contributed by atoms with Gasteiger partial charge < -0.3 is 0 Å². The van der Waals surface area contributed by atoms with Crippen LogP contribution >= 0.6 is 0 Å². The second kappa shape index (κ2) is 6.34. The molecule has 1 fully saturated rings. The summed E-state index contributed by atoms with van der Waals surface area (Å²) in [4.78, 5) is 12.5. The van der Waals surface area contributed by atoms with E-state index in [-0.39, 0.29) is 11.8 Å². The Labute approximate surface area is 159 Å². The summed E-state index contributed by atoms with van der Waals surface area (Å²) in [5.41, 5.74) is 8.85. The quantitative estimate of drug-likeness (QED) is 0.541. The number of aryl methyl sites for hydroxylation is 2. The van der Waals surface area contributed by atoms with Crippen molar-refractivity contribution >= 4 is 22.4 Å². The van der Waals surface area contributed by atoms with Gasteiger partial charge in [-0.2, -0.15) is 5.10 Å². The zero-order valence-corrected chi connectivity index (χ0v) is 15.4. The van der Waals surface area contributed by atoms with E-state index in [1.54, 1.807) is 0 Å². The first-order valence-electron chi connectivity index (χ1n) is 9.65. The first kappa shape index (κ1) is 16.2. The molecule has 0 aromatic heterocycles. The molecule has 0 unspecified atom stereocenters. The van der Waals surface area contributed by atoms with Crippen LogP contribution in [0.15, 0.2) is 65.8 Å². The first-order chi connectivity index (χ1) is 13.2. The number of hydrazone groups is 1. The maximum Gasteiger partial charge on any atom is 0.243 e. The van der Waals surface area contributed by atoms with Crippen LogP contribution in [0.1, 0.15) is 41.5 Å². The maximum absolute atomic E-state index is 12.5. The van der Waals surface area contributed by atoms with Gasteiger partial charge >= 0.3 is 0 Å². The average Bonchev–Trinajstić information content (AvgIpc) is 3.41. The first-order valence-corrected chi connectivity index (χ1v) is 9.65. The Balaban J connectivity index is 1.35. The largest absolute Gasteiger partial charge is 0.273 e. The molecular weight excluding hydrogens is 332 g/mol. The third kappa shape index (κ3) is 2.84. The van der Waals surface area contributed by atoms with Crippen LogP contribution in [0, 0.1) is 5.92 Å². The van der Waals surface area contributed by atoms with Crippen molar-refractivity contribution in [2.24, 2.45) is 11.0 Å². The molecule has 3 nitrogen and oxygen atoms in total. The molecule has 3 aromatic rings. The van der Waals surface area contributed by atoms with Gasteiger partial charge in [-0.25, -0.2) is 5.43 Å².